The topological polar surface area (TPSA) is 52.3 Å². The maximum Gasteiger partial charge on any atom is 0.307 e. The molecule has 0 saturated carbocycles. The summed E-state index contributed by atoms with van der Waals surface area (Å²) in [5.41, 5.74) is 8.38. The van der Waals surface area contributed by atoms with E-state index in [4.69, 9.17) is 10.5 Å². The van der Waals surface area contributed by atoms with Gasteiger partial charge in [0.05, 0.1) is 6.42 Å². The van der Waals surface area contributed by atoms with E-state index in [0.717, 1.165) is 0 Å². The van der Waals surface area contributed by atoms with Crippen LogP contribution >= 0.6 is 0 Å². The van der Waals surface area contributed by atoms with Crippen LogP contribution in [0.1, 0.15) is 33.6 Å². The number of carbonyl (C=O) groups is 1. The van der Waals surface area contributed by atoms with Gasteiger partial charge in [0.1, 0.15) is 13.7 Å². The molecule has 0 radical (unpaired) electrons. The molecule has 0 heterocycles. The number of ether oxygens (including phenoxy) is 1. The van der Waals surface area contributed by atoms with E-state index in [-0.39, 0.29) is 5.97 Å². The van der Waals surface area contributed by atoms with Crippen LogP contribution in [0.15, 0.2) is 0 Å². The summed E-state index contributed by atoms with van der Waals surface area (Å²) in [6.45, 7) is 9.82. The third-order valence-electron chi connectivity index (χ3n) is 1.81. The maximum atomic E-state index is 11.3. The van der Waals surface area contributed by atoms with Gasteiger partial charge < -0.3 is 10.5 Å². The van der Waals surface area contributed by atoms with Gasteiger partial charge in [-0.05, 0) is 26.9 Å². The van der Waals surface area contributed by atoms with Gasteiger partial charge >= 0.3 is 5.97 Å². The van der Waals surface area contributed by atoms with Gasteiger partial charge in [0.25, 0.3) is 0 Å². The second-order valence-corrected chi connectivity index (χ2v) is 9.90. The van der Waals surface area contributed by atoms with Crippen molar-refractivity contribution in [2.45, 2.75) is 52.3 Å². The Morgan fingerprint density at radius 1 is 1.38 bits per heavy atom. The average Bonchev–Trinajstić information content (AvgIpc) is 2.10. The molecule has 0 aromatic heterocycles. The predicted octanol–water partition coefficient (Wildman–Crippen LogP) is 1.86. The minimum atomic E-state index is -1.53. The zero-order valence-corrected chi connectivity index (χ0v) is 12.0. The van der Waals surface area contributed by atoms with Crippen LogP contribution in [-0.4, -0.2) is 25.8 Å². The molecule has 0 aromatic carbocycles. The largest absolute Gasteiger partial charge is 0.460 e. The lowest BCUT2D eigenvalue weighted by Gasteiger charge is -2.19. The fourth-order valence-electron chi connectivity index (χ4n) is 0.910. The molecule has 0 aliphatic heterocycles. The fraction of sp³-hybridized carbons (Fsp3) is 0.750. The Hall–Kier alpha value is -0.793. The van der Waals surface area contributed by atoms with Gasteiger partial charge in [0, 0.05) is 6.42 Å². The molecule has 2 N–H and O–H groups in total. The number of rotatable bonds is 3. The normalized spacial score (nSPS) is 11.6. The Labute approximate surface area is 99.7 Å². The van der Waals surface area contributed by atoms with E-state index in [1.165, 1.54) is 0 Å². The Bertz CT molecular complexity index is 294. The molecule has 0 aliphatic carbocycles. The Kier molecular flexibility index (Phi) is 5.77. The number of hydrogen-bond donors (Lipinski definition) is 1. The van der Waals surface area contributed by atoms with Gasteiger partial charge in [-0.1, -0.05) is 13.1 Å². The molecule has 0 bridgehead atoms. The molecule has 0 unspecified atom stereocenters. The summed E-state index contributed by atoms with van der Waals surface area (Å²) < 4.78 is 5.18. The van der Waals surface area contributed by atoms with Gasteiger partial charge in [-0.2, -0.15) is 0 Å². The van der Waals surface area contributed by atoms with E-state index >= 15 is 0 Å². The smallest absolute Gasteiger partial charge is 0.307 e. The van der Waals surface area contributed by atoms with Crippen LogP contribution in [-0.2, 0) is 9.53 Å². The van der Waals surface area contributed by atoms with E-state index < -0.39 is 13.7 Å². The molecule has 0 rings (SSSR count). The number of esters is 1. The van der Waals surface area contributed by atoms with E-state index in [0.29, 0.717) is 19.0 Å². The monoisotopic (exact) mass is 241 g/mol. The molecule has 3 nitrogen and oxygen atoms in total. The van der Waals surface area contributed by atoms with E-state index in [2.05, 4.69) is 24.6 Å². The lowest BCUT2D eigenvalue weighted by molar-refractivity contribution is -0.154. The van der Waals surface area contributed by atoms with Gasteiger partial charge in [-0.3, -0.25) is 4.79 Å². The number of nitrogens with two attached hydrogens (primary N) is 1. The highest BCUT2D eigenvalue weighted by Gasteiger charge is 2.16. The second-order valence-electron chi connectivity index (χ2n) is 5.48. The fourth-order valence-corrected chi connectivity index (χ4v) is 1.62. The molecule has 16 heavy (non-hydrogen) atoms. The van der Waals surface area contributed by atoms with Crippen molar-refractivity contribution in [1.29, 1.82) is 0 Å². The standard InChI is InChI=1S/C12H23NO2Si/c1-12(2,3)15-11(14)8-6-7-9-16(4,5)10-13/h6,8,10,13H2,1-5H3. The van der Waals surface area contributed by atoms with Crippen LogP contribution in [0.3, 0.4) is 0 Å². The maximum absolute atomic E-state index is 11.3. The highest BCUT2D eigenvalue weighted by molar-refractivity contribution is 6.85. The van der Waals surface area contributed by atoms with Crippen LogP contribution < -0.4 is 5.73 Å². The summed E-state index contributed by atoms with van der Waals surface area (Å²) in [5.74, 6) is 2.84. The molecule has 0 saturated heterocycles. The molecule has 92 valence electrons. The third kappa shape index (κ3) is 8.51. The molecule has 0 fully saturated rings. The van der Waals surface area contributed by atoms with Crippen LogP contribution in [0.25, 0.3) is 0 Å². The number of hydrogen-bond acceptors (Lipinski definition) is 3. The zero-order valence-electron chi connectivity index (χ0n) is 11.0. The van der Waals surface area contributed by atoms with Crippen molar-refractivity contribution in [3.63, 3.8) is 0 Å². The van der Waals surface area contributed by atoms with E-state index in [1.807, 2.05) is 20.8 Å². The van der Waals surface area contributed by atoms with Gasteiger partial charge in [-0.25, -0.2) is 0 Å². The quantitative estimate of drug-likeness (QED) is 0.466. The van der Waals surface area contributed by atoms with Gasteiger partial charge in [0.2, 0.25) is 0 Å². The molecule has 0 amide bonds. The molecule has 4 heteroatoms. The highest BCUT2D eigenvalue weighted by atomic mass is 28.3. The van der Waals surface area contributed by atoms with Crippen LogP contribution in [0, 0.1) is 11.5 Å². The van der Waals surface area contributed by atoms with Crippen LogP contribution in [0.4, 0.5) is 0 Å². The van der Waals surface area contributed by atoms with Crippen molar-refractivity contribution in [3.05, 3.63) is 0 Å². The molecular weight excluding hydrogens is 218 g/mol. The first-order valence-corrected chi connectivity index (χ1v) is 8.79. The highest BCUT2D eigenvalue weighted by Crippen LogP contribution is 2.08. The van der Waals surface area contributed by atoms with Gasteiger partial charge in [-0.15, -0.1) is 11.5 Å². The molecule has 0 spiro atoms. The molecule has 0 atom stereocenters. The zero-order chi connectivity index (χ0) is 12.8. The third-order valence-corrected chi connectivity index (χ3v) is 3.69. The van der Waals surface area contributed by atoms with Crippen molar-refractivity contribution in [2.24, 2.45) is 5.73 Å². The number of carbonyl (C=O) groups excluding carboxylic acids is 1. The predicted molar refractivity (Wildman–Crippen MR) is 69.4 cm³/mol. The van der Waals surface area contributed by atoms with Crippen LogP contribution in [0.2, 0.25) is 13.1 Å². The first-order chi connectivity index (χ1) is 7.16. The van der Waals surface area contributed by atoms with Crippen LogP contribution in [0.5, 0.6) is 0 Å². The molecule has 0 aliphatic rings. The first kappa shape index (κ1) is 15.2. The minimum Gasteiger partial charge on any atom is -0.460 e. The molecular formula is C12H23NO2Si. The van der Waals surface area contributed by atoms with Gasteiger partial charge in [0.15, 0.2) is 0 Å². The summed E-state index contributed by atoms with van der Waals surface area (Å²) in [5, 5.41) is 0. The SMILES string of the molecule is CC(C)(C)OC(=O)CCC#C[Si](C)(C)CN. The van der Waals surface area contributed by atoms with Crippen molar-refractivity contribution in [3.8, 4) is 11.5 Å². The van der Waals surface area contributed by atoms with E-state index in [9.17, 15) is 4.79 Å². The average molecular weight is 241 g/mol. The minimum absolute atomic E-state index is 0.186. The summed E-state index contributed by atoms with van der Waals surface area (Å²) in [6, 6.07) is 0. The lowest BCUT2D eigenvalue weighted by atomic mass is 10.2. The molecule has 0 aromatic rings. The Morgan fingerprint density at radius 3 is 2.38 bits per heavy atom. The summed E-state index contributed by atoms with van der Waals surface area (Å²) in [7, 11) is -1.53. The lowest BCUT2D eigenvalue weighted by Crippen LogP contribution is -2.34. The van der Waals surface area contributed by atoms with Crippen molar-refractivity contribution in [1.82, 2.24) is 0 Å². The van der Waals surface area contributed by atoms with Crippen molar-refractivity contribution in [2.75, 3.05) is 6.17 Å². The van der Waals surface area contributed by atoms with E-state index in [1.54, 1.807) is 0 Å². The summed E-state index contributed by atoms with van der Waals surface area (Å²) in [4.78, 5) is 11.3. The second kappa shape index (κ2) is 6.07. The first-order valence-electron chi connectivity index (χ1n) is 5.58. The van der Waals surface area contributed by atoms with Crippen molar-refractivity contribution < 1.29 is 9.53 Å². The summed E-state index contributed by atoms with van der Waals surface area (Å²) >= 11 is 0. The van der Waals surface area contributed by atoms with Crippen molar-refractivity contribution >= 4 is 14.0 Å². The summed E-state index contributed by atoms with van der Waals surface area (Å²) in [6.07, 6.45) is 1.58. The Balaban J connectivity index is 3.96. The Morgan fingerprint density at radius 2 is 1.94 bits per heavy atom.